The largest absolute Gasteiger partial charge is 0.271 e. The Morgan fingerprint density at radius 3 is 2.45 bits per heavy atom. The van der Waals surface area contributed by atoms with Crippen molar-refractivity contribution in [3.8, 4) is 0 Å². The first-order valence-electron chi connectivity index (χ1n) is 6.67. The van der Waals surface area contributed by atoms with Gasteiger partial charge in [-0.1, -0.05) is 28.1 Å². The third-order valence-electron chi connectivity index (χ3n) is 3.20. The van der Waals surface area contributed by atoms with Gasteiger partial charge < -0.3 is 0 Å². The van der Waals surface area contributed by atoms with Gasteiger partial charge in [-0.2, -0.15) is 10.2 Å². The Bertz CT molecular complexity index is 720. The molecule has 0 fully saturated rings. The fourth-order valence-electron chi connectivity index (χ4n) is 1.90. The Morgan fingerprint density at radius 1 is 1.27 bits per heavy atom. The van der Waals surface area contributed by atoms with Gasteiger partial charge in [0.25, 0.3) is 5.91 Å². The summed E-state index contributed by atoms with van der Waals surface area (Å²) in [4.78, 5) is 12.0. The van der Waals surface area contributed by atoms with Gasteiger partial charge in [0.05, 0.1) is 21.6 Å². The summed E-state index contributed by atoms with van der Waals surface area (Å²) in [6.07, 6.45) is 0. The first kappa shape index (κ1) is 16.9. The van der Waals surface area contributed by atoms with Crippen molar-refractivity contribution >= 4 is 43.5 Å². The van der Waals surface area contributed by atoms with Crippen molar-refractivity contribution in [3.63, 3.8) is 0 Å². The lowest BCUT2D eigenvalue weighted by Gasteiger charge is -2.05. The van der Waals surface area contributed by atoms with Crippen molar-refractivity contribution in [3.05, 3.63) is 50.2 Å². The molecule has 0 unspecified atom stereocenters. The Labute approximate surface area is 146 Å². The molecule has 0 spiro atoms. The van der Waals surface area contributed by atoms with E-state index < -0.39 is 0 Å². The number of benzene rings is 1. The molecule has 0 saturated heterocycles. The van der Waals surface area contributed by atoms with Crippen LogP contribution in [-0.4, -0.2) is 21.4 Å². The normalized spacial score (nSPS) is 11.6. The Hall–Kier alpha value is -1.47. The van der Waals surface area contributed by atoms with Crippen LogP contribution >= 0.6 is 31.9 Å². The van der Waals surface area contributed by atoms with Crippen LogP contribution in [0.25, 0.3) is 0 Å². The molecule has 116 valence electrons. The summed E-state index contributed by atoms with van der Waals surface area (Å²) in [5.74, 6) is -0.213. The molecule has 0 bridgehead atoms. The molecule has 0 saturated carbocycles. The predicted molar refractivity (Wildman–Crippen MR) is 93.9 cm³/mol. The average molecular weight is 428 g/mol. The van der Waals surface area contributed by atoms with E-state index in [4.69, 9.17) is 0 Å². The van der Waals surface area contributed by atoms with Gasteiger partial charge >= 0.3 is 0 Å². The third-order valence-corrected chi connectivity index (χ3v) is 4.87. The highest BCUT2D eigenvalue weighted by atomic mass is 79.9. The quantitative estimate of drug-likeness (QED) is 0.598. The zero-order chi connectivity index (χ0) is 16.3. The molecule has 5 nitrogen and oxygen atoms in total. The minimum atomic E-state index is -0.213. The zero-order valence-electron chi connectivity index (χ0n) is 12.5. The number of nitrogens with one attached hydrogen (secondary N) is 1. The van der Waals surface area contributed by atoms with E-state index in [-0.39, 0.29) is 12.5 Å². The average Bonchev–Trinajstić information content (AvgIpc) is 2.73. The highest BCUT2D eigenvalue weighted by molar-refractivity contribution is 9.10. The highest BCUT2D eigenvalue weighted by Gasteiger charge is 2.11. The molecule has 1 amide bonds. The maximum absolute atomic E-state index is 12.0. The summed E-state index contributed by atoms with van der Waals surface area (Å²) < 4.78 is 3.58. The minimum absolute atomic E-state index is 0.134. The van der Waals surface area contributed by atoms with Crippen LogP contribution in [0, 0.1) is 13.8 Å². The van der Waals surface area contributed by atoms with Crippen LogP contribution in [0.5, 0.6) is 0 Å². The van der Waals surface area contributed by atoms with Crippen LogP contribution in [0.1, 0.15) is 23.9 Å². The van der Waals surface area contributed by atoms with E-state index >= 15 is 0 Å². The summed E-state index contributed by atoms with van der Waals surface area (Å²) in [6.45, 7) is 5.79. The zero-order valence-corrected chi connectivity index (χ0v) is 15.7. The van der Waals surface area contributed by atoms with Crippen LogP contribution in [0.15, 0.2) is 38.3 Å². The number of aryl methyl sites for hydroxylation is 1. The number of hydrogen-bond donors (Lipinski definition) is 1. The number of hydrazone groups is 1. The maximum atomic E-state index is 12.0. The lowest BCUT2D eigenvalue weighted by molar-refractivity contribution is -0.121. The molecule has 7 heteroatoms. The Morgan fingerprint density at radius 2 is 1.91 bits per heavy atom. The second kappa shape index (κ2) is 7.19. The number of aromatic nitrogens is 2. The summed E-state index contributed by atoms with van der Waals surface area (Å²) in [5, 5.41) is 8.43. The van der Waals surface area contributed by atoms with Crippen molar-refractivity contribution in [1.82, 2.24) is 15.2 Å². The summed E-state index contributed by atoms with van der Waals surface area (Å²) in [6, 6.07) is 7.74. The lowest BCUT2D eigenvalue weighted by atomic mass is 10.1. The van der Waals surface area contributed by atoms with E-state index in [1.54, 1.807) is 4.68 Å². The van der Waals surface area contributed by atoms with Crippen LogP contribution in [0.2, 0.25) is 0 Å². The second-order valence-electron chi connectivity index (χ2n) is 4.88. The fraction of sp³-hybridized carbons (Fsp3) is 0.267. The number of halogens is 2. The molecule has 0 atom stereocenters. The van der Waals surface area contributed by atoms with E-state index in [0.717, 1.165) is 31.6 Å². The molecule has 2 aromatic rings. The molecule has 0 aliphatic carbocycles. The fourth-order valence-corrected chi connectivity index (χ4v) is 2.45. The van der Waals surface area contributed by atoms with Gasteiger partial charge in [0.2, 0.25) is 0 Å². The van der Waals surface area contributed by atoms with E-state index in [0.29, 0.717) is 0 Å². The van der Waals surface area contributed by atoms with E-state index in [9.17, 15) is 4.79 Å². The van der Waals surface area contributed by atoms with Gasteiger partial charge in [0, 0.05) is 4.47 Å². The topological polar surface area (TPSA) is 59.3 Å². The lowest BCUT2D eigenvalue weighted by Crippen LogP contribution is -2.25. The minimum Gasteiger partial charge on any atom is -0.271 e. The van der Waals surface area contributed by atoms with Gasteiger partial charge in [-0.3, -0.25) is 9.48 Å². The standard InChI is InChI=1S/C15H16Br2N4O/c1-9(12-4-6-13(16)7-5-12)18-19-14(22)8-21-11(3)15(17)10(2)20-21/h4-7H,8H2,1-3H3,(H,19,22)/b18-9+. The molecule has 1 aromatic heterocycles. The van der Waals surface area contributed by atoms with Gasteiger partial charge in [0.15, 0.2) is 0 Å². The van der Waals surface area contributed by atoms with Crippen molar-refractivity contribution < 1.29 is 4.79 Å². The van der Waals surface area contributed by atoms with Crippen LogP contribution in [0.3, 0.4) is 0 Å². The smallest absolute Gasteiger partial charge is 0.261 e. The van der Waals surface area contributed by atoms with Gasteiger partial charge in [-0.15, -0.1) is 0 Å². The van der Waals surface area contributed by atoms with Gasteiger partial charge in [-0.25, -0.2) is 5.43 Å². The molecular formula is C15H16Br2N4O. The number of carbonyl (C=O) groups excluding carboxylic acids is 1. The second-order valence-corrected chi connectivity index (χ2v) is 6.59. The van der Waals surface area contributed by atoms with Crippen LogP contribution < -0.4 is 5.43 Å². The first-order chi connectivity index (χ1) is 10.4. The summed E-state index contributed by atoms with van der Waals surface area (Å²) >= 11 is 6.83. The van der Waals surface area contributed by atoms with Crippen molar-refractivity contribution in [2.75, 3.05) is 0 Å². The monoisotopic (exact) mass is 426 g/mol. The molecule has 1 heterocycles. The van der Waals surface area contributed by atoms with Crippen molar-refractivity contribution in [2.45, 2.75) is 27.3 Å². The van der Waals surface area contributed by atoms with Crippen LogP contribution in [-0.2, 0) is 11.3 Å². The SMILES string of the molecule is C/C(=N\NC(=O)Cn1nc(C)c(Br)c1C)c1ccc(Br)cc1. The Balaban J connectivity index is 2.01. The van der Waals surface area contributed by atoms with Crippen molar-refractivity contribution in [2.24, 2.45) is 5.10 Å². The first-order valence-corrected chi connectivity index (χ1v) is 8.25. The molecule has 1 aromatic carbocycles. The molecule has 0 aliphatic rings. The number of carbonyl (C=O) groups is 1. The van der Waals surface area contributed by atoms with Crippen LogP contribution in [0.4, 0.5) is 0 Å². The summed E-state index contributed by atoms with van der Waals surface area (Å²) in [5.41, 5.74) is 6.04. The van der Waals surface area contributed by atoms with E-state index in [2.05, 4.69) is 47.5 Å². The number of nitrogens with zero attached hydrogens (tertiary/aromatic N) is 3. The number of hydrogen-bond acceptors (Lipinski definition) is 3. The highest BCUT2D eigenvalue weighted by Crippen LogP contribution is 2.19. The van der Waals surface area contributed by atoms with Crippen molar-refractivity contribution in [1.29, 1.82) is 0 Å². The molecule has 1 N–H and O–H groups in total. The maximum Gasteiger partial charge on any atom is 0.261 e. The van der Waals surface area contributed by atoms with Gasteiger partial charge in [0.1, 0.15) is 6.54 Å². The number of amides is 1. The predicted octanol–water partition coefficient (Wildman–Crippen LogP) is 3.57. The molecule has 22 heavy (non-hydrogen) atoms. The van der Waals surface area contributed by atoms with E-state index in [1.165, 1.54) is 0 Å². The molecule has 0 aliphatic heterocycles. The molecular weight excluding hydrogens is 412 g/mol. The van der Waals surface area contributed by atoms with E-state index in [1.807, 2.05) is 45.0 Å². The van der Waals surface area contributed by atoms with Gasteiger partial charge in [-0.05, 0) is 54.4 Å². The summed E-state index contributed by atoms with van der Waals surface area (Å²) in [7, 11) is 0. The molecule has 0 radical (unpaired) electrons. The third kappa shape index (κ3) is 4.04. The molecule has 2 rings (SSSR count). The number of rotatable bonds is 4. The Kier molecular flexibility index (Phi) is 5.52.